The van der Waals surface area contributed by atoms with E-state index < -0.39 is 4.92 Å². The number of carbonyl (C=O) groups is 1. The predicted octanol–water partition coefficient (Wildman–Crippen LogP) is 2.90. The average molecular weight is 291 g/mol. The van der Waals surface area contributed by atoms with Gasteiger partial charge in [-0.25, -0.2) is 0 Å². The van der Waals surface area contributed by atoms with Gasteiger partial charge in [0.1, 0.15) is 5.69 Å². The second-order valence-corrected chi connectivity index (χ2v) is 5.54. The summed E-state index contributed by atoms with van der Waals surface area (Å²) in [6.07, 6.45) is 3.09. The standard InChI is InChI=1S/C15H21N3O3/c1-11-5-4-9-17(10-8-11)15(19)12-6-3-7-13(18(20)21)14(12)16-2/h3,6-7,11,16H,4-5,8-10H2,1-2H3. The van der Waals surface area contributed by atoms with Crippen LogP contribution >= 0.6 is 0 Å². The van der Waals surface area contributed by atoms with Crippen molar-refractivity contribution in [3.8, 4) is 0 Å². The van der Waals surface area contributed by atoms with Gasteiger partial charge in [-0.1, -0.05) is 13.0 Å². The van der Waals surface area contributed by atoms with E-state index in [-0.39, 0.29) is 11.6 Å². The molecule has 0 aromatic heterocycles. The molecule has 1 aromatic carbocycles. The van der Waals surface area contributed by atoms with Crippen LogP contribution < -0.4 is 5.32 Å². The lowest BCUT2D eigenvalue weighted by atomic mass is 10.0. The molecule has 1 heterocycles. The Balaban J connectivity index is 2.30. The zero-order chi connectivity index (χ0) is 15.4. The highest BCUT2D eigenvalue weighted by Crippen LogP contribution is 2.29. The van der Waals surface area contributed by atoms with Crippen molar-refractivity contribution in [1.29, 1.82) is 0 Å². The van der Waals surface area contributed by atoms with Crippen LogP contribution in [0.25, 0.3) is 0 Å². The fraction of sp³-hybridized carbons (Fsp3) is 0.533. The third kappa shape index (κ3) is 3.32. The largest absolute Gasteiger partial charge is 0.382 e. The van der Waals surface area contributed by atoms with E-state index in [2.05, 4.69) is 12.2 Å². The predicted molar refractivity (Wildman–Crippen MR) is 81.6 cm³/mol. The molecule has 6 nitrogen and oxygen atoms in total. The number of hydrogen-bond acceptors (Lipinski definition) is 4. The maximum absolute atomic E-state index is 12.7. The van der Waals surface area contributed by atoms with E-state index in [0.717, 1.165) is 25.8 Å². The van der Waals surface area contributed by atoms with Gasteiger partial charge in [-0.3, -0.25) is 14.9 Å². The second-order valence-electron chi connectivity index (χ2n) is 5.54. The van der Waals surface area contributed by atoms with Crippen molar-refractivity contribution in [2.45, 2.75) is 26.2 Å². The van der Waals surface area contributed by atoms with Crippen LogP contribution in [-0.2, 0) is 0 Å². The molecule has 1 aromatic rings. The average Bonchev–Trinajstić information content (AvgIpc) is 2.70. The second kappa shape index (κ2) is 6.56. The molecule has 1 saturated heterocycles. The third-order valence-electron chi connectivity index (χ3n) is 4.02. The highest BCUT2D eigenvalue weighted by Gasteiger charge is 2.25. The first-order valence-corrected chi connectivity index (χ1v) is 7.29. The van der Waals surface area contributed by atoms with E-state index in [1.54, 1.807) is 19.2 Å². The number of nitrogens with one attached hydrogen (secondary N) is 1. The molecule has 2 rings (SSSR count). The number of likely N-dealkylation sites (tertiary alicyclic amines) is 1. The molecule has 1 aliphatic heterocycles. The fourth-order valence-corrected chi connectivity index (χ4v) is 2.77. The zero-order valence-corrected chi connectivity index (χ0v) is 12.5. The molecule has 0 saturated carbocycles. The Morgan fingerprint density at radius 3 is 2.81 bits per heavy atom. The first-order chi connectivity index (χ1) is 10.0. The molecule has 0 bridgehead atoms. The Labute approximate surface area is 124 Å². The topological polar surface area (TPSA) is 75.5 Å². The lowest BCUT2D eigenvalue weighted by Gasteiger charge is -2.21. The number of benzene rings is 1. The maximum atomic E-state index is 12.7. The lowest BCUT2D eigenvalue weighted by Crippen LogP contribution is -2.32. The van der Waals surface area contributed by atoms with Gasteiger partial charge in [-0.15, -0.1) is 0 Å². The number of nitro groups is 1. The Kier molecular flexibility index (Phi) is 4.77. The van der Waals surface area contributed by atoms with Crippen molar-refractivity contribution in [2.75, 3.05) is 25.5 Å². The molecule has 6 heteroatoms. The molecular weight excluding hydrogens is 270 g/mol. The SMILES string of the molecule is CNc1c(C(=O)N2CCCC(C)CC2)cccc1[N+](=O)[O-]. The van der Waals surface area contributed by atoms with Crippen LogP contribution in [0.1, 0.15) is 36.5 Å². The van der Waals surface area contributed by atoms with Crippen LogP contribution in [-0.4, -0.2) is 35.9 Å². The van der Waals surface area contributed by atoms with Crippen molar-refractivity contribution in [2.24, 2.45) is 5.92 Å². The monoisotopic (exact) mass is 291 g/mol. The van der Waals surface area contributed by atoms with Crippen molar-refractivity contribution in [1.82, 2.24) is 4.90 Å². The van der Waals surface area contributed by atoms with Gasteiger partial charge in [-0.05, 0) is 31.2 Å². The summed E-state index contributed by atoms with van der Waals surface area (Å²) < 4.78 is 0. The minimum absolute atomic E-state index is 0.0634. The highest BCUT2D eigenvalue weighted by molar-refractivity contribution is 6.01. The van der Waals surface area contributed by atoms with Crippen LogP contribution in [0.4, 0.5) is 11.4 Å². The van der Waals surface area contributed by atoms with E-state index in [1.807, 2.05) is 4.90 Å². The van der Waals surface area contributed by atoms with Crippen molar-refractivity contribution in [3.05, 3.63) is 33.9 Å². The van der Waals surface area contributed by atoms with Crippen LogP contribution in [0.3, 0.4) is 0 Å². The van der Waals surface area contributed by atoms with E-state index >= 15 is 0 Å². The summed E-state index contributed by atoms with van der Waals surface area (Å²) in [5, 5.41) is 13.9. The molecule has 0 radical (unpaired) electrons. The molecule has 0 spiro atoms. The maximum Gasteiger partial charge on any atom is 0.293 e. The van der Waals surface area contributed by atoms with Gasteiger partial charge >= 0.3 is 0 Å². The van der Waals surface area contributed by atoms with Gasteiger partial charge < -0.3 is 10.2 Å². The molecule has 1 aliphatic rings. The molecule has 21 heavy (non-hydrogen) atoms. The highest BCUT2D eigenvalue weighted by atomic mass is 16.6. The Hall–Kier alpha value is -2.11. The summed E-state index contributed by atoms with van der Waals surface area (Å²) in [6.45, 7) is 3.63. The zero-order valence-electron chi connectivity index (χ0n) is 12.5. The van der Waals surface area contributed by atoms with Crippen LogP contribution in [0, 0.1) is 16.0 Å². The van der Waals surface area contributed by atoms with Gasteiger partial charge in [0.15, 0.2) is 0 Å². The van der Waals surface area contributed by atoms with Crippen LogP contribution in [0.15, 0.2) is 18.2 Å². The van der Waals surface area contributed by atoms with Gasteiger partial charge in [0, 0.05) is 26.2 Å². The number of carbonyl (C=O) groups excluding carboxylic acids is 1. The van der Waals surface area contributed by atoms with E-state index in [1.165, 1.54) is 6.07 Å². The molecule has 1 unspecified atom stereocenters. The minimum atomic E-state index is -0.465. The van der Waals surface area contributed by atoms with Crippen molar-refractivity contribution < 1.29 is 9.72 Å². The number of nitro benzene ring substituents is 1. The molecule has 1 atom stereocenters. The number of anilines is 1. The smallest absolute Gasteiger partial charge is 0.293 e. The van der Waals surface area contributed by atoms with Gasteiger partial charge in [0.2, 0.25) is 0 Å². The summed E-state index contributed by atoms with van der Waals surface area (Å²) in [5.41, 5.74) is 0.609. The summed E-state index contributed by atoms with van der Waals surface area (Å²) in [7, 11) is 1.60. The third-order valence-corrected chi connectivity index (χ3v) is 4.02. The normalized spacial score (nSPS) is 19.0. The molecule has 1 amide bonds. The van der Waals surface area contributed by atoms with E-state index in [9.17, 15) is 14.9 Å². The van der Waals surface area contributed by atoms with Crippen molar-refractivity contribution in [3.63, 3.8) is 0 Å². The first-order valence-electron chi connectivity index (χ1n) is 7.29. The quantitative estimate of drug-likeness (QED) is 0.686. The lowest BCUT2D eigenvalue weighted by molar-refractivity contribution is -0.384. The summed E-state index contributed by atoms with van der Waals surface area (Å²) in [4.78, 5) is 25.1. The molecular formula is C15H21N3O3. The number of amides is 1. The van der Waals surface area contributed by atoms with E-state index in [0.29, 0.717) is 23.7 Å². The number of hydrogen-bond donors (Lipinski definition) is 1. The summed E-state index contributed by atoms with van der Waals surface area (Å²) >= 11 is 0. The summed E-state index contributed by atoms with van der Waals surface area (Å²) in [6, 6.07) is 4.62. The van der Waals surface area contributed by atoms with Crippen LogP contribution in [0.5, 0.6) is 0 Å². The molecule has 0 aliphatic carbocycles. The fourth-order valence-electron chi connectivity index (χ4n) is 2.77. The van der Waals surface area contributed by atoms with Gasteiger partial charge in [0.05, 0.1) is 10.5 Å². The Bertz CT molecular complexity index is 545. The molecule has 1 fully saturated rings. The Morgan fingerprint density at radius 2 is 2.14 bits per heavy atom. The van der Waals surface area contributed by atoms with Gasteiger partial charge in [0.25, 0.3) is 11.6 Å². The van der Waals surface area contributed by atoms with Gasteiger partial charge in [-0.2, -0.15) is 0 Å². The first kappa shape index (κ1) is 15.3. The van der Waals surface area contributed by atoms with Crippen molar-refractivity contribution >= 4 is 17.3 Å². The van der Waals surface area contributed by atoms with E-state index in [4.69, 9.17) is 0 Å². The number of para-hydroxylation sites is 1. The molecule has 114 valence electrons. The minimum Gasteiger partial charge on any atom is -0.382 e. The Morgan fingerprint density at radius 1 is 1.38 bits per heavy atom. The number of nitrogens with zero attached hydrogens (tertiary/aromatic N) is 2. The number of rotatable bonds is 3. The van der Waals surface area contributed by atoms with Crippen LogP contribution in [0.2, 0.25) is 0 Å². The molecule has 1 N–H and O–H groups in total. The summed E-state index contributed by atoms with van der Waals surface area (Å²) in [5.74, 6) is 0.494.